The summed E-state index contributed by atoms with van der Waals surface area (Å²) in [5.41, 5.74) is 0. The number of carbonyl (C=O) groups is 2. The van der Waals surface area contributed by atoms with E-state index >= 15 is 0 Å². The normalized spacial score (nSPS) is 6.38. The molecular formula is C5H8N4Na2O4S. The van der Waals surface area contributed by atoms with E-state index < -0.39 is 11.9 Å². The predicted octanol–water partition coefficient (Wildman–Crippen LogP) is -8.62. The van der Waals surface area contributed by atoms with Crippen LogP contribution in [0, 0.1) is 4.77 Å². The van der Waals surface area contributed by atoms with Gasteiger partial charge < -0.3 is 19.8 Å². The molecule has 0 aliphatic heterocycles. The quantitative estimate of drug-likeness (QED) is 0.351. The Labute approximate surface area is 141 Å². The van der Waals surface area contributed by atoms with Crippen molar-refractivity contribution in [2.24, 2.45) is 0 Å². The largest absolute Gasteiger partial charge is 1.00 e. The third-order valence-electron chi connectivity index (χ3n) is 0.354. The first-order valence-corrected chi connectivity index (χ1v) is 3.58. The van der Waals surface area contributed by atoms with Crippen LogP contribution in [0.2, 0.25) is 0 Å². The van der Waals surface area contributed by atoms with E-state index in [0.29, 0.717) is 4.77 Å². The molecule has 0 radical (unpaired) electrons. The smallest absolute Gasteiger partial charge is 0.550 e. The molecule has 1 aromatic rings. The summed E-state index contributed by atoms with van der Waals surface area (Å²) in [5, 5.41) is 29.2. The van der Waals surface area contributed by atoms with Crippen LogP contribution in [0.3, 0.4) is 0 Å². The van der Waals surface area contributed by atoms with Crippen molar-refractivity contribution in [3.63, 3.8) is 0 Å². The van der Waals surface area contributed by atoms with E-state index in [1.165, 1.54) is 0 Å². The molecule has 2 N–H and O–H groups in total. The van der Waals surface area contributed by atoms with Crippen molar-refractivity contribution < 1.29 is 78.9 Å². The van der Waals surface area contributed by atoms with Crippen LogP contribution >= 0.6 is 12.2 Å². The molecule has 0 atom stereocenters. The van der Waals surface area contributed by atoms with Crippen molar-refractivity contribution in [2.75, 3.05) is 0 Å². The Kier molecular flexibility index (Phi) is 27.7. The first-order valence-electron chi connectivity index (χ1n) is 3.17. The number of rotatable bonds is 0. The molecule has 1 heterocycles. The van der Waals surface area contributed by atoms with E-state index in [1.807, 2.05) is 0 Å². The maximum atomic E-state index is 8.89. The SMILES string of the molecule is CC(=O)[O-].CC(=O)[O-].S=c1nn[nH][nH]1.[Na+].[Na+]. The summed E-state index contributed by atoms with van der Waals surface area (Å²) in [4.78, 5) is 17.8. The van der Waals surface area contributed by atoms with Crippen LogP contribution in [0.5, 0.6) is 0 Å². The van der Waals surface area contributed by atoms with Crippen LogP contribution < -0.4 is 69.3 Å². The zero-order valence-electron chi connectivity index (χ0n) is 9.44. The summed E-state index contributed by atoms with van der Waals surface area (Å²) in [5.74, 6) is -2.17. The second-order valence-electron chi connectivity index (χ2n) is 1.73. The van der Waals surface area contributed by atoms with Gasteiger partial charge in [-0.15, -0.1) is 0 Å². The molecule has 0 amide bonds. The van der Waals surface area contributed by atoms with E-state index in [9.17, 15) is 0 Å². The van der Waals surface area contributed by atoms with E-state index in [0.717, 1.165) is 13.8 Å². The fourth-order valence-electron chi connectivity index (χ4n) is 0.168. The van der Waals surface area contributed by atoms with Crippen LogP contribution in [0.25, 0.3) is 0 Å². The van der Waals surface area contributed by atoms with Crippen LogP contribution in [0.1, 0.15) is 13.8 Å². The van der Waals surface area contributed by atoms with Gasteiger partial charge in [0.1, 0.15) is 0 Å². The van der Waals surface area contributed by atoms with Crippen LogP contribution in [-0.4, -0.2) is 32.6 Å². The molecule has 8 nitrogen and oxygen atoms in total. The van der Waals surface area contributed by atoms with Gasteiger partial charge in [0, 0.05) is 11.9 Å². The number of hydrogen-bond donors (Lipinski definition) is 2. The summed E-state index contributed by atoms with van der Waals surface area (Å²) < 4.78 is 0.384. The Bertz CT molecular complexity index is 291. The zero-order valence-corrected chi connectivity index (χ0v) is 14.3. The van der Waals surface area contributed by atoms with Crippen molar-refractivity contribution in [2.45, 2.75) is 13.8 Å². The van der Waals surface area contributed by atoms with Gasteiger partial charge in [-0.05, 0) is 26.1 Å². The summed E-state index contributed by atoms with van der Waals surface area (Å²) in [7, 11) is 0. The summed E-state index contributed by atoms with van der Waals surface area (Å²) in [6, 6.07) is 0. The molecule has 16 heavy (non-hydrogen) atoms. The number of aromatic amines is 2. The molecule has 0 unspecified atom stereocenters. The van der Waals surface area contributed by atoms with Crippen LogP contribution in [0.15, 0.2) is 0 Å². The molecule has 0 aliphatic rings. The van der Waals surface area contributed by atoms with Gasteiger partial charge in [-0.1, -0.05) is 10.3 Å². The van der Waals surface area contributed by atoms with Crippen molar-refractivity contribution in [1.29, 1.82) is 0 Å². The number of nitrogens with one attached hydrogen (secondary N) is 2. The fraction of sp³-hybridized carbons (Fsp3) is 0.400. The second kappa shape index (κ2) is 17.6. The maximum absolute atomic E-state index is 8.89. The first-order chi connectivity index (χ1) is 6.36. The minimum Gasteiger partial charge on any atom is -0.550 e. The Hall–Kier alpha value is 0.230. The Balaban J connectivity index is -0.0000000660. The molecule has 0 spiro atoms. The number of carboxylic acids is 2. The molecule has 0 bridgehead atoms. The molecule has 0 fully saturated rings. The van der Waals surface area contributed by atoms with E-state index in [2.05, 4.69) is 32.8 Å². The van der Waals surface area contributed by atoms with Gasteiger partial charge in [0.05, 0.1) is 0 Å². The molecule has 0 saturated carbocycles. The maximum Gasteiger partial charge on any atom is 1.00 e. The van der Waals surface area contributed by atoms with E-state index in [1.54, 1.807) is 0 Å². The van der Waals surface area contributed by atoms with Crippen molar-refractivity contribution in [3.05, 3.63) is 4.77 Å². The Morgan fingerprint density at radius 2 is 1.50 bits per heavy atom. The standard InChI is InChI=1S/2C2H4O2.CH2N4S.2Na/c2*1-2(3)4;6-1-2-4-5-3-1;;/h2*1H3,(H,3,4);(H2,2,3,4,5,6);;/q;;;2*+1/p-2. The number of carboxylic acid groups (broad SMARTS) is 2. The van der Waals surface area contributed by atoms with Gasteiger partial charge in [0.15, 0.2) is 0 Å². The minimum atomic E-state index is -1.08. The van der Waals surface area contributed by atoms with Gasteiger partial charge in [0.2, 0.25) is 4.77 Å². The van der Waals surface area contributed by atoms with Crippen molar-refractivity contribution >= 4 is 24.2 Å². The van der Waals surface area contributed by atoms with E-state index in [-0.39, 0.29) is 59.1 Å². The van der Waals surface area contributed by atoms with Crippen molar-refractivity contribution in [1.82, 2.24) is 20.6 Å². The van der Waals surface area contributed by atoms with Gasteiger partial charge in [-0.25, -0.2) is 0 Å². The minimum absolute atomic E-state index is 0. The molecule has 11 heteroatoms. The molecule has 80 valence electrons. The van der Waals surface area contributed by atoms with Crippen LogP contribution in [0.4, 0.5) is 0 Å². The number of tetrazole rings is 1. The predicted molar refractivity (Wildman–Crippen MR) is 42.9 cm³/mol. The summed E-state index contributed by atoms with van der Waals surface area (Å²) in [6.07, 6.45) is 0. The number of nitrogens with zero attached hydrogens (tertiary/aromatic N) is 2. The molecule has 1 rings (SSSR count). The van der Waals surface area contributed by atoms with E-state index in [4.69, 9.17) is 19.8 Å². The third-order valence-corrected chi connectivity index (χ3v) is 0.537. The molecule has 0 aromatic carbocycles. The van der Waals surface area contributed by atoms with Crippen LogP contribution in [-0.2, 0) is 9.59 Å². The number of carbonyl (C=O) groups excluding carboxylic acids is 2. The monoisotopic (exact) mass is 266 g/mol. The van der Waals surface area contributed by atoms with Gasteiger partial charge in [0.25, 0.3) is 0 Å². The molecule has 1 aromatic heterocycles. The topological polar surface area (TPSA) is 138 Å². The summed E-state index contributed by atoms with van der Waals surface area (Å²) in [6.45, 7) is 1.94. The second-order valence-corrected chi connectivity index (χ2v) is 2.11. The molecule has 0 aliphatic carbocycles. The molecule has 0 saturated heterocycles. The first kappa shape index (κ1) is 25.2. The zero-order chi connectivity index (χ0) is 11.6. The third kappa shape index (κ3) is 47.6. The van der Waals surface area contributed by atoms with Crippen molar-refractivity contribution in [3.8, 4) is 0 Å². The average Bonchev–Trinajstić information content (AvgIpc) is 2.36. The Morgan fingerprint density at radius 1 is 1.19 bits per heavy atom. The summed E-state index contributed by atoms with van der Waals surface area (Å²) >= 11 is 4.48. The fourth-order valence-corrected chi connectivity index (χ4v) is 0.255. The average molecular weight is 266 g/mol. The number of hydrogen-bond acceptors (Lipinski definition) is 7. The number of aliphatic carboxylic acids is 2. The molecular weight excluding hydrogens is 258 g/mol. The Morgan fingerprint density at radius 3 is 1.56 bits per heavy atom. The van der Waals surface area contributed by atoms with Gasteiger partial charge >= 0.3 is 59.1 Å². The number of aromatic nitrogens is 4. The van der Waals surface area contributed by atoms with Gasteiger partial charge in [-0.2, -0.15) is 5.21 Å². The number of H-pyrrole nitrogens is 2. The van der Waals surface area contributed by atoms with Gasteiger partial charge in [-0.3, -0.25) is 5.10 Å².